The first-order valence-electron chi connectivity index (χ1n) is 4.68. The number of carbonyl (C=O) groups excluding carboxylic acids is 1. The molecule has 0 unspecified atom stereocenters. The van der Waals surface area contributed by atoms with Crippen molar-refractivity contribution in [2.45, 2.75) is 13.3 Å². The third kappa shape index (κ3) is 3.09. The smallest absolute Gasteiger partial charge is 0.364 e. The van der Waals surface area contributed by atoms with Crippen LogP contribution in [-0.2, 0) is 4.74 Å². The van der Waals surface area contributed by atoms with Gasteiger partial charge in [0.15, 0.2) is 0 Å². The fraction of sp³-hybridized carbons (Fsp3) is 0.333. The van der Waals surface area contributed by atoms with Crippen molar-refractivity contribution in [2.75, 3.05) is 6.61 Å². The molecule has 0 aliphatic carbocycles. The monoisotopic (exact) mass is 372 g/mol. The van der Waals surface area contributed by atoms with Gasteiger partial charge in [-0.25, -0.2) is 13.6 Å². The van der Waals surface area contributed by atoms with E-state index in [4.69, 9.17) is 0 Å². The number of nitro groups is 1. The zero-order valence-corrected chi connectivity index (χ0v) is 11.2. The number of hydrogen-bond donors (Lipinski definition) is 0. The van der Waals surface area contributed by atoms with Gasteiger partial charge in [-0.05, 0) is 39.4 Å². The molecule has 0 fully saturated rings. The van der Waals surface area contributed by atoms with E-state index in [1.807, 2.05) is 0 Å². The lowest BCUT2D eigenvalue weighted by Crippen LogP contribution is -2.11. The molecule has 0 bridgehead atoms. The van der Waals surface area contributed by atoms with E-state index in [1.165, 1.54) is 29.5 Å². The highest BCUT2D eigenvalue weighted by atomic mass is 127. The summed E-state index contributed by atoms with van der Waals surface area (Å²) in [5.41, 5.74) is -1.08. The van der Waals surface area contributed by atoms with Crippen molar-refractivity contribution in [3.05, 3.63) is 31.0 Å². The average Bonchev–Trinajstić information content (AvgIpc) is 2.28. The lowest BCUT2D eigenvalue weighted by molar-refractivity contribution is -0.389. The molecule has 0 radical (unpaired) electrons. The molecule has 0 saturated carbocycles. The Morgan fingerprint density at radius 2 is 2.28 bits per heavy atom. The second-order valence-electron chi connectivity index (χ2n) is 3.01. The van der Waals surface area contributed by atoms with E-state index in [0.29, 0.717) is 0 Å². The van der Waals surface area contributed by atoms with Gasteiger partial charge in [0.1, 0.15) is 0 Å². The molecule has 0 aromatic carbocycles. The molecule has 6 nitrogen and oxygen atoms in total. The number of nitrogens with zero attached hydrogens (tertiary/aromatic N) is 2. The zero-order valence-electron chi connectivity index (χ0n) is 9.02. The van der Waals surface area contributed by atoms with E-state index in [0.717, 1.165) is 6.07 Å². The minimum atomic E-state index is -3.01. The Bertz CT molecular complexity index is 496. The number of aromatic nitrogens is 1. The second kappa shape index (κ2) is 5.98. The molecule has 0 amide bonds. The number of ether oxygens (including phenoxy) is 1. The van der Waals surface area contributed by atoms with Gasteiger partial charge in [0.05, 0.1) is 21.8 Å². The molecule has 0 atom stereocenters. The van der Waals surface area contributed by atoms with Crippen molar-refractivity contribution in [2.24, 2.45) is 0 Å². The molecule has 1 aromatic heterocycles. The summed E-state index contributed by atoms with van der Waals surface area (Å²) < 4.78 is 29.8. The third-order valence-electron chi connectivity index (χ3n) is 1.86. The van der Waals surface area contributed by atoms with Crippen molar-refractivity contribution in [1.29, 1.82) is 0 Å². The fourth-order valence-electron chi connectivity index (χ4n) is 1.13. The van der Waals surface area contributed by atoms with E-state index >= 15 is 0 Å². The van der Waals surface area contributed by atoms with Crippen LogP contribution in [0.2, 0.25) is 0 Å². The van der Waals surface area contributed by atoms with E-state index in [1.54, 1.807) is 0 Å². The summed E-state index contributed by atoms with van der Waals surface area (Å²) in [6.45, 7) is 1.57. The Labute approximate surface area is 114 Å². The van der Waals surface area contributed by atoms with Gasteiger partial charge in [0.25, 0.3) is 0 Å². The zero-order chi connectivity index (χ0) is 13.9. The number of pyridine rings is 1. The van der Waals surface area contributed by atoms with Crippen LogP contribution < -0.4 is 0 Å². The Morgan fingerprint density at radius 3 is 2.72 bits per heavy atom. The summed E-state index contributed by atoms with van der Waals surface area (Å²) >= 11 is 1.49. The molecule has 1 rings (SSSR count). The van der Waals surface area contributed by atoms with E-state index in [-0.39, 0.29) is 15.7 Å². The minimum Gasteiger partial charge on any atom is -0.462 e. The van der Waals surface area contributed by atoms with Crippen LogP contribution in [0.3, 0.4) is 0 Å². The Hall–Kier alpha value is -1.39. The van der Waals surface area contributed by atoms with Crippen molar-refractivity contribution in [1.82, 2.24) is 4.98 Å². The maximum atomic E-state index is 12.7. The standard InChI is InChI=1S/C9H7F2IN2O4/c1-2-18-9(15)4-3-5(14(16)17)13-7(6(4)12)8(10)11/h3,8H,2H2,1H3. The van der Waals surface area contributed by atoms with Gasteiger partial charge in [0, 0.05) is 0 Å². The SMILES string of the molecule is CCOC(=O)c1cc([N+](=O)[O-])nc(C(F)F)c1I. The number of esters is 1. The van der Waals surface area contributed by atoms with Crippen LogP contribution in [0.5, 0.6) is 0 Å². The molecule has 1 heterocycles. The van der Waals surface area contributed by atoms with Crippen LogP contribution in [0, 0.1) is 13.7 Å². The summed E-state index contributed by atoms with van der Waals surface area (Å²) in [6.07, 6.45) is -3.01. The Balaban J connectivity index is 3.40. The van der Waals surface area contributed by atoms with E-state index < -0.39 is 28.8 Å². The summed E-state index contributed by atoms with van der Waals surface area (Å²) in [5, 5.41) is 10.6. The Kier molecular flexibility index (Phi) is 4.87. The molecular formula is C9H7F2IN2O4. The summed E-state index contributed by atoms with van der Waals surface area (Å²) in [7, 11) is 0. The number of hydrogen-bond acceptors (Lipinski definition) is 5. The summed E-state index contributed by atoms with van der Waals surface area (Å²) in [4.78, 5) is 24.3. The van der Waals surface area contributed by atoms with Crippen LogP contribution in [0.4, 0.5) is 14.6 Å². The first kappa shape index (κ1) is 14.7. The van der Waals surface area contributed by atoms with Gasteiger partial charge in [-0.15, -0.1) is 0 Å². The normalized spacial score (nSPS) is 10.5. The summed E-state index contributed by atoms with van der Waals surface area (Å²) in [6, 6.07) is 0.825. The van der Waals surface area contributed by atoms with E-state index in [9.17, 15) is 23.7 Å². The molecule has 0 spiro atoms. The lowest BCUT2D eigenvalue weighted by atomic mass is 10.2. The van der Waals surface area contributed by atoms with Crippen molar-refractivity contribution < 1.29 is 23.2 Å². The molecule has 1 aromatic rings. The van der Waals surface area contributed by atoms with E-state index in [2.05, 4.69) is 9.72 Å². The number of rotatable bonds is 4. The first-order valence-corrected chi connectivity index (χ1v) is 5.76. The van der Waals surface area contributed by atoms with Crippen molar-refractivity contribution in [3.63, 3.8) is 0 Å². The maximum Gasteiger partial charge on any atom is 0.364 e. The highest BCUT2D eigenvalue weighted by Crippen LogP contribution is 2.28. The van der Waals surface area contributed by atoms with Gasteiger partial charge >= 0.3 is 18.2 Å². The average molecular weight is 372 g/mol. The van der Waals surface area contributed by atoms with Gasteiger partial charge in [-0.1, -0.05) is 0 Å². The van der Waals surface area contributed by atoms with Crippen LogP contribution in [0.15, 0.2) is 6.07 Å². The Morgan fingerprint density at radius 1 is 1.67 bits per heavy atom. The quantitative estimate of drug-likeness (QED) is 0.351. The van der Waals surface area contributed by atoms with Crippen molar-refractivity contribution >= 4 is 34.4 Å². The number of alkyl halides is 2. The van der Waals surface area contributed by atoms with Gasteiger partial charge < -0.3 is 14.9 Å². The molecule has 98 valence electrons. The predicted octanol–water partition coefficient (Wildman–Crippen LogP) is 2.71. The third-order valence-corrected chi connectivity index (χ3v) is 2.99. The van der Waals surface area contributed by atoms with Gasteiger partial charge in [-0.2, -0.15) is 0 Å². The molecule has 0 saturated heterocycles. The molecule has 0 aliphatic rings. The highest BCUT2D eigenvalue weighted by molar-refractivity contribution is 14.1. The van der Waals surface area contributed by atoms with Crippen LogP contribution in [0.1, 0.15) is 29.4 Å². The second-order valence-corrected chi connectivity index (χ2v) is 4.08. The fourth-order valence-corrected chi connectivity index (χ4v) is 1.86. The largest absolute Gasteiger partial charge is 0.462 e. The van der Waals surface area contributed by atoms with Crippen LogP contribution in [0.25, 0.3) is 0 Å². The maximum absolute atomic E-state index is 12.7. The van der Waals surface area contributed by atoms with Crippen molar-refractivity contribution in [3.8, 4) is 0 Å². The molecular weight excluding hydrogens is 365 g/mol. The summed E-state index contributed by atoms with van der Waals surface area (Å²) in [5.74, 6) is -1.71. The topological polar surface area (TPSA) is 82.3 Å². The van der Waals surface area contributed by atoms with Crippen LogP contribution in [-0.4, -0.2) is 22.5 Å². The van der Waals surface area contributed by atoms with Crippen LogP contribution >= 0.6 is 22.6 Å². The molecule has 18 heavy (non-hydrogen) atoms. The first-order chi connectivity index (χ1) is 8.38. The predicted molar refractivity (Wildman–Crippen MR) is 64.5 cm³/mol. The number of halogens is 3. The molecule has 0 N–H and O–H groups in total. The highest BCUT2D eigenvalue weighted by Gasteiger charge is 2.28. The minimum absolute atomic E-state index is 0.0368. The van der Waals surface area contributed by atoms with Gasteiger partial charge in [0.2, 0.25) is 5.69 Å². The lowest BCUT2D eigenvalue weighted by Gasteiger charge is -2.06. The molecule has 9 heteroatoms. The molecule has 0 aliphatic heterocycles. The number of carbonyl (C=O) groups is 1. The van der Waals surface area contributed by atoms with Gasteiger partial charge in [-0.3, -0.25) is 0 Å².